The molecule has 0 saturated heterocycles. The van der Waals surface area contributed by atoms with E-state index in [1.807, 2.05) is 30.3 Å². The van der Waals surface area contributed by atoms with Crippen molar-refractivity contribution in [1.82, 2.24) is 10.3 Å². The lowest BCUT2D eigenvalue weighted by Crippen LogP contribution is -2.25. The first-order chi connectivity index (χ1) is 8.31. The van der Waals surface area contributed by atoms with E-state index in [1.54, 1.807) is 6.07 Å². The summed E-state index contributed by atoms with van der Waals surface area (Å²) in [7, 11) is 0. The fourth-order valence-corrected chi connectivity index (χ4v) is 1.69. The maximum Gasteiger partial charge on any atom is 0.269 e. The molecule has 0 atom stereocenters. The van der Waals surface area contributed by atoms with E-state index in [4.69, 9.17) is 11.6 Å². The highest BCUT2D eigenvalue weighted by Gasteiger charge is 2.06. The average Bonchev–Trinajstić information content (AvgIpc) is 2.38. The Kier molecular flexibility index (Phi) is 3.94. The zero-order valence-electron chi connectivity index (χ0n) is 9.32. The molecule has 2 aromatic rings. The number of pyridine rings is 1. The van der Waals surface area contributed by atoms with E-state index in [0.29, 0.717) is 18.1 Å². The van der Waals surface area contributed by atoms with E-state index in [9.17, 15) is 4.79 Å². The zero-order valence-corrected chi connectivity index (χ0v) is 10.1. The first kappa shape index (κ1) is 11.9. The third-order valence-electron chi connectivity index (χ3n) is 2.43. The summed E-state index contributed by atoms with van der Waals surface area (Å²) < 4.78 is 0. The van der Waals surface area contributed by atoms with Crippen LogP contribution in [0.25, 0.3) is 10.9 Å². The number of nitrogens with zero attached hydrogens (tertiary/aromatic N) is 1. The number of amides is 1. The molecule has 2 rings (SSSR count). The van der Waals surface area contributed by atoms with Gasteiger partial charge in [-0.15, -0.1) is 11.6 Å². The van der Waals surface area contributed by atoms with E-state index < -0.39 is 0 Å². The lowest BCUT2D eigenvalue weighted by Gasteiger charge is -2.04. The molecule has 1 aromatic carbocycles. The largest absolute Gasteiger partial charge is 0.351 e. The van der Waals surface area contributed by atoms with Gasteiger partial charge in [-0.3, -0.25) is 4.79 Å². The zero-order chi connectivity index (χ0) is 12.1. The van der Waals surface area contributed by atoms with Crippen LogP contribution in [0.5, 0.6) is 0 Å². The van der Waals surface area contributed by atoms with Gasteiger partial charge in [0.25, 0.3) is 5.91 Å². The molecule has 0 radical (unpaired) electrons. The Balaban J connectivity index is 2.15. The molecule has 0 unspecified atom stereocenters. The maximum atomic E-state index is 11.7. The number of nitrogens with one attached hydrogen (secondary N) is 1. The Bertz CT molecular complexity index is 528. The summed E-state index contributed by atoms with van der Waals surface area (Å²) >= 11 is 5.54. The van der Waals surface area contributed by atoms with Crippen LogP contribution in [0.2, 0.25) is 0 Å². The van der Waals surface area contributed by atoms with Crippen LogP contribution in [0, 0.1) is 0 Å². The number of carbonyl (C=O) groups is 1. The second-order valence-electron chi connectivity index (χ2n) is 3.69. The Morgan fingerprint density at radius 3 is 2.88 bits per heavy atom. The third-order valence-corrected chi connectivity index (χ3v) is 2.69. The van der Waals surface area contributed by atoms with E-state index in [-0.39, 0.29) is 5.91 Å². The molecule has 0 aliphatic rings. The molecule has 0 bridgehead atoms. The molecule has 88 valence electrons. The summed E-state index contributed by atoms with van der Waals surface area (Å²) in [6, 6.07) is 11.4. The van der Waals surface area contributed by atoms with Crippen LogP contribution in [-0.2, 0) is 0 Å². The second kappa shape index (κ2) is 5.64. The Labute approximate surface area is 105 Å². The summed E-state index contributed by atoms with van der Waals surface area (Å²) in [5.74, 6) is 0.395. The smallest absolute Gasteiger partial charge is 0.269 e. The summed E-state index contributed by atoms with van der Waals surface area (Å²) in [5, 5.41) is 3.81. The van der Waals surface area contributed by atoms with E-state index >= 15 is 0 Å². The van der Waals surface area contributed by atoms with Crippen molar-refractivity contribution in [2.75, 3.05) is 12.4 Å². The molecule has 0 fully saturated rings. The van der Waals surface area contributed by atoms with Crippen LogP contribution in [0.4, 0.5) is 0 Å². The van der Waals surface area contributed by atoms with Gasteiger partial charge in [0, 0.05) is 17.8 Å². The normalized spacial score (nSPS) is 10.4. The molecular weight excluding hydrogens is 236 g/mol. The third kappa shape index (κ3) is 2.94. The van der Waals surface area contributed by atoms with E-state index in [0.717, 1.165) is 17.3 Å². The van der Waals surface area contributed by atoms with Gasteiger partial charge >= 0.3 is 0 Å². The molecule has 1 N–H and O–H groups in total. The molecule has 0 aliphatic heterocycles. The van der Waals surface area contributed by atoms with Crippen molar-refractivity contribution in [2.45, 2.75) is 6.42 Å². The number of rotatable bonds is 4. The van der Waals surface area contributed by atoms with Gasteiger partial charge in [0.15, 0.2) is 0 Å². The number of fused-ring (bicyclic) bond motifs is 1. The molecule has 3 nitrogen and oxygen atoms in total. The van der Waals surface area contributed by atoms with Crippen LogP contribution in [0.3, 0.4) is 0 Å². The lowest BCUT2D eigenvalue weighted by atomic mass is 10.2. The molecule has 1 amide bonds. The predicted molar refractivity (Wildman–Crippen MR) is 69.4 cm³/mol. The Hall–Kier alpha value is -1.61. The van der Waals surface area contributed by atoms with Gasteiger partial charge in [0.05, 0.1) is 5.52 Å². The van der Waals surface area contributed by atoms with Crippen molar-refractivity contribution in [1.29, 1.82) is 0 Å². The van der Waals surface area contributed by atoms with Gasteiger partial charge < -0.3 is 5.32 Å². The van der Waals surface area contributed by atoms with Gasteiger partial charge in [0.1, 0.15) is 5.69 Å². The number of aromatic nitrogens is 1. The molecule has 1 heterocycles. The first-order valence-corrected chi connectivity index (χ1v) is 6.04. The van der Waals surface area contributed by atoms with Crippen molar-refractivity contribution in [3.05, 3.63) is 42.1 Å². The number of halogens is 1. The number of benzene rings is 1. The second-order valence-corrected chi connectivity index (χ2v) is 4.07. The molecule has 0 saturated carbocycles. The highest BCUT2D eigenvalue weighted by molar-refractivity contribution is 6.17. The lowest BCUT2D eigenvalue weighted by molar-refractivity contribution is 0.0949. The van der Waals surface area contributed by atoms with Crippen molar-refractivity contribution < 1.29 is 4.79 Å². The summed E-state index contributed by atoms with van der Waals surface area (Å²) in [6.45, 7) is 0.580. The average molecular weight is 249 g/mol. The number of alkyl halides is 1. The fraction of sp³-hybridized carbons (Fsp3) is 0.231. The number of hydrogen-bond donors (Lipinski definition) is 1. The topological polar surface area (TPSA) is 42.0 Å². The van der Waals surface area contributed by atoms with Crippen molar-refractivity contribution >= 4 is 28.4 Å². The number of para-hydroxylation sites is 1. The van der Waals surface area contributed by atoms with Gasteiger partial charge in [-0.2, -0.15) is 0 Å². The number of carbonyl (C=O) groups excluding carboxylic acids is 1. The highest BCUT2D eigenvalue weighted by atomic mass is 35.5. The first-order valence-electron chi connectivity index (χ1n) is 5.51. The minimum atomic E-state index is -0.152. The minimum Gasteiger partial charge on any atom is -0.351 e. The molecule has 0 aliphatic carbocycles. The Morgan fingerprint density at radius 2 is 2.06 bits per heavy atom. The van der Waals surface area contributed by atoms with Crippen molar-refractivity contribution in [3.8, 4) is 0 Å². The molecule has 17 heavy (non-hydrogen) atoms. The van der Waals surface area contributed by atoms with Crippen molar-refractivity contribution in [3.63, 3.8) is 0 Å². The molecule has 0 spiro atoms. The van der Waals surface area contributed by atoms with Crippen LogP contribution in [0.1, 0.15) is 16.9 Å². The minimum absolute atomic E-state index is 0.152. The van der Waals surface area contributed by atoms with E-state index in [2.05, 4.69) is 10.3 Å². The van der Waals surface area contributed by atoms with Gasteiger partial charge in [-0.1, -0.05) is 24.3 Å². The SMILES string of the molecule is O=C(NCCCCl)c1ccc2ccccc2n1. The van der Waals surface area contributed by atoms with Gasteiger partial charge in [-0.25, -0.2) is 4.98 Å². The van der Waals surface area contributed by atoms with E-state index in [1.165, 1.54) is 0 Å². The molecule has 4 heteroatoms. The summed E-state index contributed by atoms with van der Waals surface area (Å²) in [6.07, 6.45) is 0.765. The molecular formula is C13H13ClN2O. The monoisotopic (exact) mass is 248 g/mol. The summed E-state index contributed by atoms with van der Waals surface area (Å²) in [4.78, 5) is 16.1. The quantitative estimate of drug-likeness (QED) is 0.668. The van der Waals surface area contributed by atoms with Crippen LogP contribution < -0.4 is 5.32 Å². The van der Waals surface area contributed by atoms with Crippen molar-refractivity contribution in [2.24, 2.45) is 0 Å². The standard InChI is InChI=1S/C13H13ClN2O/c14-8-3-9-15-13(17)12-7-6-10-4-1-2-5-11(10)16-12/h1-2,4-7H,3,8-9H2,(H,15,17). The van der Waals surface area contributed by atoms with Crippen LogP contribution in [-0.4, -0.2) is 23.3 Å². The van der Waals surface area contributed by atoms with Gasteiger partial charge in [-0.05, 0) is 18.6 Å². The Morgan fingerprint density at radius 1 is 1.24 bits per heavy atom. The fourth-order valence-electron chi connectivity index (χ4n) is 1.55. The maximum absolute atomic E-state index is 11.7. The van der Waals surface area contributed by atoms with Crippen LogP contribution >= 0.6 is 11.6 Å². The number of hydrogen-bond acceptors (Lipinski definition) is 2. The summed E-state index contributed by atoms with van der Waals surface area (Å²) in [5.41, 5.74) is 1.27. The van der Waals surface area contributed by atoms with Crippen LogP contribution in [0.15, 0.2) is 36.4 Å². The highest BCUT2D eigenvalue weighted by Crippen LogP contribution is 2.11. The van der Waals surface area contributed by atoms with Gasteiger partial charge in [0.2, 0.25) is 0 Å². The molecule has 1 aromatic heterocycles. The predicted octanol–water partition coefficient (Wildman–Crippen LogP) is 2.59.